The fourth-order valence-corrected chi connectivity index (χ4v) is 1.76. The van der Waals surface area contributed by atoms with Gasteiger partial charge in [-0.2, -0.15) is 0 Å². The minimum absolute atomic E-state index is 0.149. The van der Waals surface area contributed by atoms with E-state index in [2.05, 4.69) is 9.88 Å². The zero-order chi connectivity index (χ0) is 11.5. The molecule has 2 heterocycles. The average molecular weight is 220 g/mol. The van der Waals surface area contributed by atoms with E-state index in [0.29, 0.717) is 18.8 Å². The third-order valence-corrected chi connectivity index (χ3v) is 2.80. The number of anilines is 2. The van der Waals surface area contributed by atoms with Crippen LogP contribution in [0.4, 0.5) is 11.5 Å². The van der Waals surface area contributed by atoms with E-state index >= 15 is 0 Å². The molecule has 0 radical (unpaired) electrons. The molecule has 0 unspecified atom stereocenters. The standard InChI is InChI=1S/C11H16N4O/c1-14-5-4-11(16)15(7-6-14)9-2-3-10(12)13-8-9/h2-3,8H,4-7H2,1H3,(H2,12,13). The van der Waals surface area contributed by atoms with Crippen LogP contribution in [0.1, 0.15) is 6.42 Å². The second kappa shape index (κ2) is 4.49. The van der Waals surface area contributed by atoms with Gasteiger partial charge >= 0.3 is 0 Å². The van der Waals surface area contributed by atoms with Gasteiger partial charge in [0, 0.05) is 26.1 Å². The average Bonchev–Trinajstić information content (AvgIpc) is 2.44. The zero-order valence-corrected chi connectivity index (χ0v) is 9.39. The van der Waals surface area contributed by atoms with E-state index in [4.69, 9.17) is 5.73 Å². The van der Waals surface area contributed by atoms with E-state index in [1.807, 2.05) is 13.1 Å². The summed E-state index contributed by atoms with van der Waals surface area (Å²) >= 11 is 0. The van der Waals surface area contributed by atoms with Gasteiger partial charge in [-0.05, 0) is 19.2 Å². The number of pyridine rings is 1. The van der Waals surface area contributed by atoms with Crippen LogP contribution in [0.5, 0.6) is 0 Å². The van der Waals surface area contributed by atoms with Gasteiger partial charge in [-0.15, -0.1) is 0 Å². The van der Waals surface area contributed by atoms with Gasteiger partial charge in [0.25, 0.3) is 0 Å². The number of hydrogen-bond donors (Lipinski definition) is 1. The molecule has 0 bridgehead atoms. The maximum absolute atomic E-state index is 11.9. The predicted octanol–water partition coefficient (Wildman–Crippen LogP) is 0.332. The first-order valence-electron chi connectivity index (χ1n) is 5.37. The lowest BCUT2D eigenvalue weighted by Crippen LogP contribution is -2.32. The molecule has 1 aliphatic heterocycles. The van der Waals surface area contributed by atoms with Crippen LogP contribution >= 0.6 is 0 Å². The number of amides is 1. The molecule has 16 heavy (non-hydrogen) atoms. The van der Waals surface area contributed by atoms with Crippen LogP contribution in [0.25, 0.3) is 0 Å². The molecule has 0 aromatic carbocycles. The number of aromatic nitrogens is 1. The van der Waals surface area contributed by atoms with Crippen LogP contribution in [-0.2, 0) is 4.79 Å². The molecule has 1 aliphatic rings. The summed E-state index contributed by atoms with van der Waals surface area (Å²) in [5.74, 6) is 0.624. The van der Waals surface area contributed by atoms with Gasteiger partial charge in [-0.1, -0.05) is 0 Å². The first-order chi connectivity index (χ1) is 7.66. The van der Waals surface area contributed by atoms with Crippen LogP contribution in [0.2, 0.25) is 0 Å². The molecule has 0 aliphatic carbocycles. The second-order valence-corrected chi connectivity index (χ2v) is 4.04. The number of hydrogen-bond acceptors (Lipinski definition) is 4. The Morgan fingerprint density at radius 1 is 1.31 bits per heavy atom. The molecule has 1 aromatic rings. The number of nitrogen functional groups attached to an aromatic ring is 1. The Balaban J connectivity index is 2.18. The summed E-state index contributed by atoms with van der Waals surface area (Å²) in [6.07, 6.45) is 2.21. The number of carbonyl (C=O) groups excluding carboxylic acids is 1. The highest BCUT2D eigenvalue weighted by Gasteiger charge is 2.20. The summed E-state index contributed by atoms with van der Waals surface area (Å²) in [4.78, 5) is 19.8. The molecule has 0 atom stereocenters. The lowest BCUT2D eigenvalue weighted by Gasteiger charge is -2.20. The van der Waals surface area contributed by atoms with E-state index in [0.717, 1.165) is 18.8 Å². The predicted molar refractivity (Wildman–Crippen MR) is 63.1 cm³/mol. The van der Waals surface area contributed by atoms with Crippen LogP contribution in [-0.4, -0.2) is 42.5 Å². The van der Waals surface area contributed by atoms with Crippen LogP contribution < -0.4 is 10.6 Å². The van der Waals surface area contributed by atoms with E-state index in [1.54, 1.807) is 17.2 Å². The van der Waals surface area contributed by atoms with Crippen molar-refractivity contribution in [2.45, 2.75) is 6.42 Å². The van der Waals surface area contributed by atoms with Crippen molar-refractivity contribution in [3.05, 3.63) is 18.3 Å². The van der Waals surface area contributed by atoms with Crippen LogP contribution in [0, 0.1) is 0 Å². The molecule has 0 spiro atoms. The summed E-state index contributed by atoms with van der Waals surface area (Å²) in [7, 11) is 2.03. The number of likely N-dealkylation sites (N-methyl/N-ethyl adjacent to an activating group) is 1. The van der Waals surface area contributed by atoms with Crippen molar-refractivity contribution < 1.29 is 4.79 Å². The molecule has 1 amide bonds. The van der Waals surface area contributed by atoms with Crippen LogP contribution in [0.3, 0.4) is 0 Å². The highest BCUT2D eigenvalue weighted by Crippen LogP contribution is 2.16. The third-order valence-electron chi connectivity index (χ3n) is 2.80. The summed E-state index contributed by atoms with van der Waals surface area (Å²) < 4.78 is 0. The van der Waals surface area contributed by atoms with Gasteiger partial charge in [0.1, 0.15) is 5.82 Å². The number of nitrogens with two attached hydrogens (primary N) is 1. The number of carbonyl (C=O) groups is 1. The molecule has 86 valence electrons. The molecule has 5 heteroatoms. The zero-order valence-electron chi connectivity index (χ0n) is 9.39. The van der Waals surface area contributed by atoms with E-state index < -0.39 is 0 Å². The SMILES string of the molecule is CN1CCC(=O)N(c2ccc(N)nc2)CC1. The molecule has 2 N–H and O–H groups in total. The van der Waals surface area contributed by atoms with Gasteiger partial charge in [-0.3, -0.25) is 4.79 Å². The van der Waals surface area contributed by atoms with E-state index in [9.17, 15) is 4.79 Å². The van der Waals surface area contributed by atoms with Crippen molar-refractivity contribution in [3.8, 4) is 0 Å². The highest BCUT2D eigenvalue weighted by molar-refractivity contribution is 5.93. The fourth-order valence-electron chi connectivity index (χ4n) is 1.76. The molecule has 1 aromatic heterocycles. The van der Waals surface area contributed by atoms with Gasteiger partial charge in [-0.25, -0.2) is 4.98 Å². The normalized spacial score (nSPS) is 18.6. The Kier molecular flexibility index (Phi) is 3.05. The lowest BCUT2D eigenvalue weighted by molar-refractivity contribution is -0.118. The third kappa shape index (κ3) is 2.30. The Hall–Kier alpha value is -1.62. The summed E-state index contributed by atoms with van der Waals surface area (Å²) in [5.41, 5.74) is 6.35. The molecule has 1 fully saturated rings. The maximum atomic E-state index is 11.9. The molecule has 2 rings (SSSR count). The molecular weight excluding hydrogens is 204 g/mol. The van der Waals surface area contributed by atoms with Crippen molar-refractivity contribution in [2.75, 3.05) is 37.3 Å². The molecule has 0 saturated carbocycles. The fraction of sp³-hybridized carbons (Fsp3) is 0.455. The summed E-state index contributed by atoms with van der Waals surface area (Å²) in [5, 5.41) is 0. The summed E-state index contributed by atoms with van der Waals surface area (Å²) in [6.45, 7) is 2.41. The maximum Gasteiger partial charge on any atom is 0.228 e. The summed E-state index contributed by atoms with van der Waals surface area (Å²) in [6, 6.07) is 3.56. The van der Waals surface area contributed by atoms with E-state index in [1.165, 1.54) is 0 Å². The van der Waals surface area contributed by atoms with Gasteiger partial charge in [0.2, 0.25) is 5.91 Å². The van der Waals surface area contributed by atoms with Crippen molar-refractivity contribution in [1.29, 1.82) is 0 Å². The van der Waals surface area contributed by atoms with Crippen molar-refractivity contribution >= 4 is 17.4 Å². The highest BCUT2D eigenvalue weighted by atomic mass is 16.2. The van der Waals surface area contributed by atoms with Crippen molar-refractivity contribution in [3.63, 3.8) is 0 Å². The Labute approximate surface area is 94.9 Å². The minimum Gasteiger partial charge on any atom is -0.384 e. The Morgan fingerprint density at radius 3 is 2.81 bits per heavy atom. The largest absolute Gasteiger partial charge is 0.384 e. The van der Waals surface area contributed by atoms with E-state index in [-0.39, 0.29) is 5.91 Å². The van der Waals surface area contributed by atoms with Gasteiger partial charge in [0.15, 0.2) is 0 Å². The first-order valence-corrected chi connectivity index (χ1v) is 5.37. The first kappa shape index (κ1) is 10.9. The van der Waals surface area contributed by atoms with Gasteiger partial charge in [0.05, 0.1) is 11.9 Å². The molecule has 5 nitrogen and oxygen atoms in total. The van der Waals surface area contributed by atoms with Crippen molar-refractivity contribution in [2.24, 2.45) is 0 Å². The Bertz CT molecular complexity index is 376. The van der Waals surface area contributed by atoms with Crippen LogP contribution in [0.15, 0.2) is 18.3 Å². The van der Waals surface area contributed by atoms with Crippen molar-refractivity contribution in [1.82, 2.24) is 9.88 Å². The smallest absolute Gasteiger partial charge is 0.228 e. The quantitative estimate of drug-likeness (QED) is 0.741. The topological polar surface area (TPSA) is 62.5 Å². The number of rotatable bonds is 1. The molecule has 1 saturated heterocycles. The monoisotopic (exact) mass is 220 g/mol. The number of nitrogens with zero attached hydrogens (tertiary/aromatic N) is 3. The molecular formula is C11H16N4O. The van der Waals surface area contributed by atoms with Gasteiger partial charge < -0.3 is 15.5 Å². The second-order valence-electron chi connectivity index (χ2n) is 4.04. The minimum atomic E-state index is 0.149. The lowest BCUT2D eigenvalue weighted by atomic mass is 10.3. The Morgan fingerprint density at radius 2 is 2.12 bits per heavy atom.